The Morgan fingerprint density at radius 1 is 1.62 bits per heavy atom. The Bertz CT molecular complexity index is 333. The molecule has 0 aliphatic rings. The van der Waals surface area contributed by atoms with Crippen molar-refractivity contribution in [2.24, 2.45) is 5.41 Å². The first-order valence-electron chi connectivity index (χ1n) is 5.20. The molecule has 0 spiro atoms. The van der Waals surface area contributed by atoms with Gasteiger partial charge < -0.3 is 9.84 Å². The van der Waals surface area contributed by atoms with Gasteiger partial charge in [0.05, 0.1) is 0 Å². The van der Waals surface area contributed by atoms with Gasteiger partial charge in [0.25, 0.3) is 0 Å². The van der Waals surface area contributed by atoms with Gasteiger partial charge in [0.15, 0.2) is 6.10 Å². The van der Waals surface area contributed by atoms with E-state index in [0.717, 1.165) is 0 Å². The first-order valence-corrected chi connectivity index (χ1v) is 5.20. The summed E-state index contributed by atoms with van der Waals surface area (Å²) in [5.41, 5.74) is -0.424. The number of aromatic nitrogens is 2. The van der Waals surface area contributed by atoms with Crippen LogP contribution in [-0.4, -0.2) is 34.1 Å². The van der Waals surface area contributed by atoms with Crippen molar-refractivity contribution >= 4 is 5.97 Å². The van der Waals surface area contributed by atoms with Crippen LogP contribution in [0.4, 0.5) is 0 Å². The van der Waals surface area contributed by atoms with Crippen LogP contribution < -0.4 is 0 Å². The quantitative estimate of drug-likeness (QED) is 0.796. The number of aryl methyl sites for hydroxylation is 1. The normalized spacial score (nSPS) is 13.7. The number of aliphatic carboxylic acids is 1. The molecule has 0 saturated carbocycles. The van der Waals surface area contributed by atoms with E-state index >= 15 is 0 Å². The van der Waals surface area contributed by atoms with Gasteiger partial charge in [-0.15, -0.1) is 0 Å². The number of nitrogens with zero attached hydrogens (tertiary/aromatic N) is 2. The lowest BCUT2D eigenvalue weighted by molar-refractivity contribution is -0.156. The summed E-state index contributed by atoms with van der Waals surface area (Å²) in [5, 5.41) is 13.1. The van der Waals surface area contributed by atoms with Crippen LogP contribution in [0.1, 0.15) is 20.3 Å². The smallest absolute Gasteiger partial charge is 0.333 e. The maximum atomic E-state index is 11.0. The third kappa shape index (κ3) is 3.06. The van der Waals surface area contributed by atoms with E-state index in [9.17, 15) is 4.79 Å². The maximum Gasteiger partial charge on any atom is 0.333 e. The molecule has 1 N–H and O–H groups in total. The fourth-order valence-corrected chi connectivity index (χ4v) is 1.72. The molecule has 5 nitrogen and oxygen atoms in total. The van der Waals surface area contributed by atoms with E-state index in [1.165, 1.54) is 7.11 Å². The van der Waals surface area contributed by atoms with Crippen molar-refractivity contribution in [3.05, 3.63) is 18.5 Å². The minimum absolute atomic E-state index is 0.424. The summed E-state index contributed by atoms with van der Waals surface area (Å²) >= 11 is 0. The first kappa shape index (κ1) is 12.7. The van der Waals surface area contributed by atoms with Gasteiger partial charge in [-0.1, -0.05) is 13.8 Å². The topological polar surface area (TPSA) is 64.3 Å². The summed E-state index contributed by atoms with van der Waals surface area (Å²) in [5.74, 6) is -0.923. The monoisotopic (exact) mass is 226 g/mol. The number of carboxylic acid groups (broad SMARTS) is 1. The maximum absolute atomic E-state index is 11.0. The standard InChI is InChI=1S/C11H18N2O3/c1-11(2,9(16-3)10(14)15)5-8-13-7-4-6-12-13/h4,6-7,9H,5,8H2,1-3H3,(H,14,15). The van der Waals surface area contributed by atoms with Crippen molar-refractivity contribution in [1.82, 2.24) is 9.78 Å². The summed E-state index contributed by atoms with van der Waals surface area (Å²) in [4.78, 5) is 11.0. The van der Waals surface area contributed by atoms with Gasteiger partial charge in [0.2, 0.25) is 0 Å². The molecule has 16 heavy (non-hydrogen) atoms. The lowest BCUT2D eigenvalue weighted by atomic mass is 9.83. The Balaban J connectivity index is 2.59. The highest BCUT2D eigenvalue weighted by Gasteiger charge is 2.35. The minimum Gasteiger partial charge on any atom is -0.479 e. The molecule has 0 radical (unpaired) electrons. The van der Waals surface area contributed by atoms with E-state index < -0.39 is 17.5 Å². The van der Waals surface area contributed by atoms with Crippen molar-refractivity contribution < 1.29 is 14.6 Å². The number of carbonyl (C=O) groups is 1. The first-order chi connectivity index (χ1) is 7.47. The Labute approximate surface area is 95.0 Å². The molecule has 1 aromatic rings. The van der Waals surface area contributed by atoms with Gasteiger partial charge in [-0.25, -0.2) is 4.79 Å². The Kier molecular flexibility index (Phi) is 4.06. The molecule has 1 rings (SSSR count). The average molecular weight is 226 g/mol. The van der Waals surface area contributed by atoms with Gasteiger partial charge in [0, 0.05) is 31.5 Å². The second-order valence-electron chi connectivity index (χ2n) is 4.46. The van der Waals surface area contributed by atoms with Gasteiger partial charge in [-0.2, -0.15) is 5.10 Å². The van der Waals surface area contributed by atoms with E-state index in [4.69, 9.17) is 9.84 Å². The van der Waals surface area contributed by atoms with Crippen LogP contribution in [-0.2, 0) is 16.1 Å². The molecule has 1 heterocycles. The molecule has 90 valence electrons. The predicted octanol–water partition coefficient (Wildman–Crippen LogP) is 1.40. The zero-order chi connectivity index (χ0) is 12.2. The lowest BCUT2D eigenvalue weighted by Crippen LogP contribution is -2.38. The Morgan fingerprint density at radius 3 is 2.75 bits per heavy atom. The average Bonchev–Trinajstić information content (AvgIpc) is 2.67. The van der Waals surface area contributed by atoms with Crippen molar-refractivity contribution in [3.8, 4) is 0 Å². The van der Waals surface area contributed by atoms with Gasteiger partial charge in [-0.05, 0) is 12.5 Å². The van der Waals surface area contributed by atoms with Crippen LogP contribution in [0, 0.1) is 5.41 Å². The highest BCUT2D eigenvalue weighted by atomic mass is 16.5. The molecule has 0 fully saturated rings. The van der Waals surface area contributed by atoms with Gasteiger partial charge in [0.1, 0.15) is 0 Å². The molecule has 5 heteroatoms. The molecular formula is C11H18N2O3. The summed E-state index contributed by atoms with van der Waals surface area (Å²) < 4.78 is 6.81. The van der Waals surface area contributed by atoms with Crippen LogP contribution in [0.25, 0.3) is 0 Å². The minimum atomic E-state index is -0.923. The number of hydrogen-bond acceptors (Lipinski definition) is 3. The molecule has 0 aliphatic heterocycles. The summed E-state index contributed by atoms with van der Waals surface area (Å²) in [7, 11) is 1.43. The molecule has 0 aromatic carbocycles. The highest BCUT2D eigenvalue weighted by Crippen LogP contribution is 2.28. The van der Waals surface area contributed by atoms with E-state index in [1.807, 2.05) is 26.1 Å². The second-order valence-corrected chi connectivity index (χ2v) is 4.46. The Morgan fingerprint density at radius 2 is 2.31 bits per heavy atom. The number of ether oxygens (including phenoxy) is 1. The second kappa shape index (κ2) is 5.12. The Hall–Kier alpha value is -1.36. The van der Waals surface area contributed by atoms with Crippen LogP contribution >= 0.6 is 0 Å². The molecule has 1 aromatic heterocycles. The number of rotatable bonds is 6. The highest BCUT2D eigenvalue weighted by molar-refractivity contribution is 5.73. The van der Waals surface area contributed by atoms with Crippen molar-refractivity contribution in [2.45, 2.75) is 32.9 Å². The van der Waals surface area contributed by atoms with Crippen LogP contribution in [0.2, 0.25) is 0 Å². The SMILES string of the molecule is COC(C(=O)O)C(C)(C)CCn1cccn1. The largest absolute Gasteiger partial charge is 0.479 e. The molecule has 0 aliphatic carbocycles. The van der Waals surface area contributed by atoms with E-state index in [2.05, 4.69) is 5.10 Å². The molecule has 0 amide bonds. The van der Waals surface area contributed by atoms with Crippen molar-refractivity contribution in [3.63, 3.8) is 0 Å². The predicted molar refractivity (Wildman–Crippen MR) is 59.1 cm³/mol. The van der Waals surface area contributed by atoms with Crippen molar-refractivity contribution in [1.29, 1.82) is 0 Å². The molecule has 1 unspecified atom stereocenters. The van der Waals surface area contributed by atoms with E-state index in [1.54, 1.807) is 10.9 Å². The fourth-order valence-electron chi connectivity index (χ4n) is 1.72. The zero-order valence-corrected chi connectivity index (χ0v) is 9.88. The molecule has 0 saturated heterocycles. The zero-order valence-electron chi connectivity index (χ0n) is 9.88. The van der Waals surface area contributed by atoms with Crippen LogP contribution in [0.5, 0.6) is 0 Å². The fraction of sp³-hybridized carbons (Fsp3) is 0.636. The van der Waals surface area contributed by atoms with E-state index in [0.29, 0.717) is 13.0 Å². The number of hydrogen-bond donors (Lipinski definition) is 1. The molecule has 1 atom stereocenters. The third-order valence-corrected chi connectivity index (χ3v) is 2.71. The number of methoxy groups -OCH3 is 1. The van der Waals surface area contributed by atoms with Crippen molar-refractivity contribution in [2.75, 3.05) is 7.11 Å². The molecule has 0 bridgehead atoms. The van der Waals surface area contributed by atoms with Gasteiger partial charge >= 0.3 is 5.97 Å². The van der Waals surface area contributed by atoms with Crippen LogP contribution in [0.3, 0.4) is 0 Å². The van der Waals surface area contributed by atoms with E-state index in [-0.39, 0.29) is 0 Å². The number of carboxylic acids is 1. The lowest BCUT2D eigenvalue weighted by Gasteiger charge is -2.30. The summed E-state index contributed by atoms with van der Waals surface area (Å²) in [6.45, 7) is 4.46. The van der Waals surface area contributed by atoms with Crippen LogP contribution in [0.15, 0.2) is 18.5 Å². The van der Waals surface area contributed by atoms with Gasteiger partial charge in [-0.3, -0.25) is 4.68 Å². The summed E-state index contributed by atoms with van der Waals surface area (Å²) in [6, 6.07) is 1.85. The molecular weight excluding hydrogens is 208 g/mol. The summed E-state index contributed by atoms with van der Waals surface area (Å²) in [6.07, 6.45) is 3.47. The third-order valence-electron chi connectivity index (χ3n) is 2.71.